The smallest absolute Gasteiger partial charge is 0.230 e. The molecular weight excluding hydrogens is 328 g/mol. The number of aromatic nitrogens is 3. The molecule has 7 nitrogen and oxygen atoms in total. The highest BCUT2D eigenvalue weighted by atomic mass is 16.1. The van der Waals surface area contributed by atoms with Gasteiger partial charge in [-0.05, 0) is 30.8 Å². The highest BCUT2D eigenvalue weighted by molar-refractivity contribution is 5.95. The average molecular weight is 350 g/mol. The molecule has 0 aliphatic carbocycles. The van der Waals surface area contributed by atoms with Gasteiger partial charge in [0.1, 0.15) is 0 Å². The zero-order valence-electron chi connectivity index (χ0n) is 14.8. The van der Waals surface area contributed by atoms with Crippen molar-refractivity contribution in [3.63, 3.8) is 0 Å². The van der Waals surface area contributed by atoms with Crippen LogP contribution in [0.3, 0.4) is 0 Å². The van der Waals surface area contributed by atoms with E-state index in [9.17, 15) is 4.79 Å². The molecule has 4 rings (SSSR count). The molecule has 0 radical (unpaired) electrons. The fourth-order valence-electron chi connectivity index (χ4n) is 3.23. The van der Waals surface area contributed by atoms with E-state index in [1.54, 1.807) is 0 Å². The van der Waals surface area contributed by atoms with Gasteiger partial charge in [-0.2, -0.15) is 0 Å². The van der Waals surface area contributed by atoms with Gasteiger partial charge in [0.2, 0.25) is 5.91 Å². The molecule has 1 aliphatic rings. The Morgan fingerprint density at radius 1 is 1.12 bits per heavy atom. The molecule has 0 atom stereocenters. The summed E-state index contributed by atoms with van der Waals surface area (Å²) >= 11 is 0. The predicted molar refractivity (Wildman–Crippen MR) is 102 cm³/mol. The van der Waals surface area contributed by atoms with Gasteiger partial charge in [-0.1, -0.05) is 18.2 Å². The molecule has 1 aromatic carbocycles. The number of hydrogen-bond acceptors (Lipinski definition) is 5. The number of amides is 1. The summed E-state index contributed by atoms with van der Waals surface area (Å²) in [7, 11) is 2.12. The summed E-state index contributed by atoms with van der Waals surface area (Å²) in [6, 6.07) is 11.7. The third-order valence-corrected chi connectivity index (χ3v) is 4.77. The van der Waals surface area contributed by atoms with Gasteiger partial charge in [0.15, 0.2) is 11.6 Å². The van der Waals surface area contributed by atoms with E-state index < -0.39 is 0 Å². The quantitative estimate of drug-likeness (QED) is 0.751. The number of hydrogen-bond donors (Lipinski definition) is 2. The van der Waals surface area contributed by atoms with Crippen LogP contribution in [0.2, 0.25) is 0 Å². The Morgan fingerprint density at radius 2 is 1.92 bits per heavy atom. The molecule has 1 amide bonds. The molecule has 0 unspecified atom stereocenters. The zero-order chi connectivity index (χ0) is 17.9. The van der Waals surface area contributed by atoms with Crippen LogP contribution in [0.5, 0.6) is 0 Å². The Hall–Kier alpha value is -2.93. The molecule has 134 valence electrons. The minimum atomic E-state index is -0.101. The van der Waals surface area contributed by atoms with Crippen molar-refractivity contribution >= 4 is 28.4 Å². The van der Waals surface area contributed by atoms with Gasteiger partial charge in [0, 0.05) is 43.3 Å². The van der Waals surface area contributed by atoms with Crippen LogP contribution in [0, 0.1) is 0 Å². The van der Waals surface area contributed by atoms with E-state index in [1.165, 1.54) is 0 Å². The summed E-state index contributed by atoms with van der Waals surface area (Å²) in [4.78, 5) is 20.0. The van der Waals surface area contributed by atoms with E-state index in [4.69, 9.17) is 0 Å². The standard InChI is InChI=1S/C19H22N6O/c1-24-8-10-25(11-9-24)18-7-6-17(22-23-18)21-19(26)12-14-13-20-16-5-3-2-4-15(14)16/h2-7,13,20H,8-12H2,1H3,(H,21,22,26). The molecule has 0 bridgehead atoms. The van der Waals surface area contributed by atoms with Gasteiger partial charge in [-0.3, -0.25) is 4.79 Å². The molecule has 0 spiro atoms. The number of H-pyrrole nitrogens is 1. The molecular formula is C19H22N6O. The lowest BCUT2D eigenvalue weighted by Gasteiger charge is -2.32. The maximum Gasteiger partial charge on any atom is 0.230 e. The zero-order valence-corrected chi connectivity index (χ0v) is 14.8. The maximum atomic E-state index is 12.3. The van der Waals surface area contributed by atoms with Gasteiger partial charge in [-0.25, -0.2) is 0 Å². The van der Waals surface area contributed by atoms with E-state index >= 15 is 0 Å². The second kappa shape index (κ2) is 7.13. The van der Waals surface area contributed by atoms with E-state index in [2.05, 4.69) is 37.3 Å². The van der Waals surface area contributed by atoms with Crippen LogP contribution >= 0.6 is 0 Å². The summed E-state index contributed by atoms with van der Waals surface area (Å²) in [5.41, 5.74) is 2.01. The molecule has 3 heterocycles. The van der Waals surface area contributed by atoms with E-state index in [0.29, 0.717) is 12.2 Å². The first-order valence-electron chi connectivity index (χ1n) is 8.81. The molecule has 2 aromatic heterocycles. The number of aromatic amines is 1. The second-order valence-electron chi connectivity index (χ2n) is 6.65. The van der Waals surface area contributed by atoms with Gasteiger partial charge < -0.3 is 20.1 Å². The average Bonchev–Trinajstić information content (AvgIpc) is 3.06. The first-order chi connectivity index (χ1) is 12.7. The third-order valence-electron chi connectivity index (χ3n) is 4.77. The second-order valence-corrected chi connectivity index (χ2v) is 6.65. The Bertz CT molecular complexity index is 896. The van der Waals surface area contributed by atoms with E-state index in [1.807, 2.05) is 42.6 Å². The van der Waals surface area contributed by atoms with Crippen LogP contribution in [0.25, 0.3) is 10.9 Å². The number of rotatable bonds is 4. The van der Waals surface area contributed by atoms with Gasteiger partial charge >= 0.3 is 0 Å². The fraction of sp³-hybridized carbons (Fsp3) is 0.316. The van der Waals surface area contributed by atoms with Crippen LogP contribution in [-0.4, -0.2) is 59.2 Å². The number of likely N-dealkylation sites (N-methyl/N-ethyl adjacent to an activating group) is 1. The number of nitrogens with one attached hydrogen (secondary N) is 2. The van der Waals surface area contributed by atoms with Gasteiger partial charge in [-0.15, -0.1) is 10.2 Å². The molecule has 3 aromatic rings. The molecule has 1 aliphatic heterocycles. The van der Waals surface area contributed by atoms with Crippen molar-refractivity contribution in [3.05, 3.63) is 48.2 Å². The van der Waals surface area contributed by atoms with Crippen LogP contribution in [-0.2, 0) is 11.2 Å². The topological polar surface area (TPSA) is 77.1 Å². The number of para-hydroxylation sites is 1. The van der Waals surface area contributed by atoms with Crippen molar-refractivity contribution in [1.29, 1.82) is 0 Å². The molecule has 2 N–H and O–H groups in total. The highest BCUT2D eigenvalue weighted by Crippen LogP contribution is 2.19. The van der Waals surface area contributed by atoms with Crippen LogP contribution in [0.15, 0.2) is 42.6 Å². The van der Waals surface area contributed by atoms with Crippen LogP contribution in [0.4, 0.5) is 11.6 Å². The highest BCUT2D eigenvalue weighted by Gasteiger charge is 2.16. The van der Waals surface area contributed by atoms with E-state index in [0.717, 1.165) is 48.5 Å². The molecule has 0 saturated carbocycles. The maximum absolute atomic E-state index is 12.3. The van der Waals surface area contributed by atoms with Crippen molar-refractivity contribution < 1.29 is 4.79 Å². The van der Waals surface area contributed by atoms with Crippen LogP contribution in [0.1, 0.15) is 5.56 Å². The molecule has 26 heavy (non-hydrogen) atoms. The Labute approximate surface area is 152 Å². The number of carbonyl (C=O) groups is 1. The Morgan fingerprint density at radius 3 is 2.69 bits per heavy atom. The molecule has 7 heteroatoms. The minimum absolute atomic E-state index is 0.101. The lowest BCUT2D eigenvalue weighted by molar-refractivity contribution is -0.115. The van der Waals surface area contributed by atoms with Crippen molar-refractivity contribution in [3.8, 4) is 0 Å². The number of nitrogens with zero attached hydrogens (tertiary/aromatic N) is 4. The fourth-order valence-corrected chi connectivity index (χ4v) is 3.23. The van der Waals surface area contributed by atoms with E-state index in [-0.39, 0.29) is 5.91 Å². The summed E-state index contributed by atoms with van der Waals surface area (Å²) in [5, 5.41) is 12.3. The Balaban J connectivity index is 1.38. The summed E-state index contributed by atoms with van der Waals surface area (Å²) in [5.74, 6) is 1.23. The summed E-state index contributed by atoms with van der Waals surface area (Å²) in [6.45, 7) is 3.92. The van der Waals surface area contributed by atoms with Crippen molar-refractivity contribution in [2.75, 3.05) is 43.4 Å². The lowest BCUT2D eigenvalue weighted by Crippen LogP contribution is -2.44. The minimum Gasteiger partial charge on any atom is -0.361 e. The monoisotopic (exact) mass is 350 g/mol. The van der Waals surface area contributed by atoms with Crippen LogP contribution < -0.4 is 10.2 Å². The van der Waals surface area contributed by atoms with Gasteiger partial charge in [0.25, 0.3) is 0 Å². The first kappa shape index (κ1) is 16.5. The SMILES string of the molecule is CN1CCN(c2ccc(NC(=O)Cc3c[nH]c4ccccc34)nn2)CC1. The van der Waals surface area contributed by atoms with Crippen molar-refractivity contribution in [2.45, 2.75) is 6.42 Å². The molecule has 1 saturated heterocycles. The number of carbonyl (C=O) groups excluding carboxylic acids is 1. The van der Waals surface area contributed by atoms with Crippen molar-refractivity contribution in [1.82, 2.24) is 20.1 Å². The predicted octanol–water partition coefficient (Wildman–Crippen LogP) is 1.89. The largest absolute Gasteiger partial charge is 0.361 e. The molecule has 1 fully saturated rings. The number of anilines is 2. The number of fused-ring (bicyclic) bond motifs is 1. The first-order valence-corrected chi connectivity index (χ1v) is 8.81. The summed E-state index contributed by atoms with van der Waals surface area (Å²) < 4.78 is 0. The summed E-state index contributed by atoms with van der Waals surface area (Å²) in [6.07, 6.45) is 2.18. The lowest BCUT2D eigenvalue weighted by atomic mass is 10.1. The number of benzene rings is 1. The van der Waals surface area contributed by atoms with Gasteiger partial charge in [0.05, 0.1) is 6.42 Å². The third kappa shape index (κ3) is 3.52. The number of piperazine rings is 1. The normalized spacial score (nSPS) is 15.3. The van der Waals surface area contributed by atoms with Crippen molar-refractivity contribution in [2.24, 2.45) is 0 Å². The Kier molecular flexibility index (Phi) is 4.53.